The Morgan fingerprint density at radius 3 is 3.06 bits per heavy atom. The second kappa shape index (κ2) is 4.82. The third-order valence-electron chi connectivity index (χ3n) is 2.50. The Hall–Kier alpha value is -2.44. The lowest BCUT2D eigenvalue weighted by Gasteiger charge is -2.20. The van der Waals surface area contributed by atoms with Crippen LogP contribution in [-0.4, -0.2) is 32.0 Å². The zero-order valence-electron chi connectivity index (χ0n) is 9.87. The van der Waals surface area contributed by atoms with Gasteiger partial charge in [-0.2, -0.15) is 0 Å². The van der Waals surface area contributed by atoms with E-state index >= 15 is 0 Å². The van der Waals surface area contributed by atoms with Crippen LogP contribution in [0, 0.1) is 0 Å². The van der Waals surface area contributed by atoms with Crippen molar-refractivity contribution in [3.63, 3.8) is 0 Å². The first kappa shape index (κ1) is 12.0. The molecule has 0 radical (unpaired) electrons. The molecule has 0 bridgehead atoms. The van der Waals surface area contributed by atoms with E-state index in [4.69, 9.17) is 10.5 Å². The van der Waals surface area contributed by atoms with Crippen molar-refractivity contribution >= 4 is 28.9 Å². The van der Waals surface area contributed by atoms with Crippen LogP contribution < -0.4 is 26.4 Å². The molecule has 1 heterocycles. The van der Waals surface area contributed by atoms with Gasteiger partial charge in [-0.15, -0.1) is 0 Å². The summed E-state index contributed by atoms with van der Waals surface area (Å²) in [5.41, 5.74) is 7.39. The fraction of sp³-hybridized carbons (Fsp3) is 0.273. The first-order valence-electron chi connectivity index (χ1n) is 5.41. The molecule has 0 unspecified atom stereocenters. The number of likely N-dealkylation sites (N-methyl/N-ethyl adjacent to an activating group) is 1. The quantitative estimate of drug-likeness (QED) is 0.554. The van der Waals surface area contributed by atoms with E-state index in [0.29, 0.717) is 22.8 Å². The predicted molar refractivity (Wildman–Crippen MR) is 67.5 cm³/mol. The number of anilines is 3. The molecule has 1 aliphatic heterocycles. The molecule has 0 saturated carbocycles. The minimum Gasteiger partial charge on any atom is -0.482 e. The van der Waals surface area contributed by atoms with E-state index in [1.807, 2.05) is 0 Å². The van der Waals surface area contributed by atoms with Crippen molar-refractivity contribution in [2.45, 2.75) is 0 Å². The summed E-state index contributed by atoms with van der Waals surface area (Å²) in [5.74, 6) is 0.148. The second-order valence-corrected chi connectivity index (χ2v) is 3.80. The molecule has 0 fully saturated rings. The number of amides is 2. The van der Waals surface area contributed by atoms with Gasteiger partial charge in [0.15, 0.2) is 6.61 Å². The van der Waals surface area contributed by atoms with Crippen molar-refractivity contribution < 1.29 is 14.3 Å². The maximum Gasteiger partial charge on any atom is 0.262 e. The van der Waals surface area contributed by atoms with E-state index in [-0.39, 0.29) is 25.0 Å². The Morgan fingerprint density at radius 1 is 1.56 bits per heavy atom. The van der Waals surface area contributed by atoms with Gasteiger partial charge < -0.3 is 26.4 Å². The van der Waals surface area contributed by atoms with E-state index in [1.54, 1.807) is 19.2 Å². The van der Waals surface area contributed by atoms with Crippen molar-refractivity contribution in [1.29, 1.82) is 0 Å². The number of benzene rings is 1. The standard InChI is InChI=1S/C11H14N4O3/c1-13-10(16)4-14-7-3-8-9(2-6(7)12)18-5-11(17)15-8/h2-3,14H,4-5,12H2,1H3,(H,13,16)(H,15,17). The van der Waals surface area contributed by atoms with E-state index in [9.17, 15) is 9.59 Å². The van der Waals surface area contributed by atoms with Crippen molar-refractivity contribution in [2.24, 2.45) is 0 Å². The maximum atomic E-state index is 11.2. The summed E-state index contributed by atoms with van der Waals surface area (Å²) in [7, 11) is 1.55. The summed E-state index contributed by atoms with van der Waals surface area (Å²) in [6, 6.07) is 3.26. The minimum absolute atomic E-state index is 0.0164. The molecule has 1 aromatic carbocycles. The molecule has 1 aromatic rings. The number of carbonyl (C=O) groups is 2. The first-order valence-corrected chi connectivity index (χ1v) is 5.41. The van der Waals surface area contributed by atoms with Crippen molar-refractivity contribution in [3.05, 3.63) is 12.1 Å². The van der Waals surface area contributed by atoms with Crippen LogP contribution in [0.15, 0.2) is 12.1 Å². The zero-order chi connectivity index (χ0) is 13.1. The number of ether oxygens (including phenoxy) is 1. The van der Waals surface area contributed by atoms with Gasteiger partial charge in [-0.3, -0.25) is 9.59 Å². The molecule has 0 spiro atoms. The molecule has 7 nitrogen and oxygen atoms in total. The Bertz CT molecular complexity index is 501. The normalized spacial score (nSPS) is 13.1. The van der Waals surface area contributed by atoms with Gasteiger partial charge in [0.2, 0.25) is 5.91 Å². The topological polar surface area (TPSA) is 105 Å². The molecule has 2 rings (SSSR count). The molecular weight excluding hydrogens is 236 g/mol. The van der Waals surface area contributed by atoms with Crippen LogP contribution in [0.4, 0.5) is 17.1 Å². The highest BCUT2D eigenvalue weighted by Crippen LogP contribution is 2.34. The fourth-order valence-corrected chi connectivity index (χ4v) is 1.56. The molecule has 18 heavy (non-hydrogen) atoms. The van der Waals surface area contributed by atoms with E-state index in [1.165, 1.54) is 0 Å². The highest BCUT2D eigenvalue weighted by Gasteiger charge is 2.17. The number of nitrogen functional groups attached to an aromatic ring is 1. The summed E-state index contributed by atoms with van der Waals surface area (Å²) in [6.07, 6.45) is 0. The predicted octanol–water partition coefficient (Wildman–Crippen LogP) is -0.242. The number of carbonyl (C=O) groups excluding carboxylic acids is 2. The van der Waals surface area contributed by atoms with Crippen LogP contribution in [0.25, 0.3) is 0 Å². The van der Waals surface area contributed by atoms with Gasteiger partial charge in [0.25, 0.3) is 5.91 Å². The van der Waals surface area contributed by atoms with Crippen LogP contribution >= 0.6 is 0 Å². The average Bonchev–Trinajstić information content (AvgIpc) is 2.36. The number of nitrogens with one attached hydrogen (secondary N) is 3. The van der Waals surface area contributed by atoms with Crippen molar-refractivity contribution in [2.75, 3.05) is 36.6 Å². The SMILES string of the molecule is CNC(=O)CNc1cc2c(cc1N)OCC(=O)N2. The second-order valence-electron chi connectivity index (χ2n) is 3.80. The molecule has 0 aromatic heterocycles. The molecule has 0 atom stereocenters. The van der Waals surface area contributed by atoms with E-state index < -0.39 is 0 Å². The fourth-order valence-electron chi connectivity index (χ4n) is 1.56. The number of rotatable bonds is 3. The number of fused-ring (bicyclic) bond motifs is 1. The molecule has 1 aliphatic rings. The minimum atomic E-state index is -0.218. The van der Waals surface area contributed by atoms with Gasteiger partial charge >= 0.3 is 0 Å². The monoisotopic (exact) mass is 250 g/mol. The molecule has 5 N–H and O–H groups in total. The molecule has 0 aliphatic carbocycles. The van der Waals surface area contributed by atoms with Gasteiger partial charge in [0.1, 0.15) is 5.75 Å². The van der Waals surface area contributed by atoms with Crippen molar-refractivity contribution in [3.8, 4) is 5.75 Å². The van der Waals surface area contributed by atoms with Crippen molar-refractivity contribution in [1.82, 2.24) is 5.32 Å². The summed E-state index contributed by atoms with van der Waals surface area (Å²) >= 11 is 0. The van der Waals surface area contributed by atoms with E-state index in [0.717, 1.165) is 0 Å². The van der Waals surface area contributed by atoms with E-state index in [2.05, 4.69) is 16.0 Å². The van der Waals surface area contributed by atoms with Gasteiger partial charge in [-0.25, -0.2) is 0 Å². The lowest BCUT2D eigenvalue weighted by Crippen LogP contribution is -2.27. The van der Waals surface area contributed by atoms with Crippen LogP contribution in [0.2, 0.25) is 0 Å². The number of nitrogens with two attached hydrogens (primary N) is 1. The lowest BCUT2D eigenvalue weighted by molar-refractivity contribution is -0.119. The molecule has 7 heteroatoms. The summed E-state index contributed by atoms with van der Waals surface area (Å²) in [6.45, 7) is 0.0890. The summed E-state index contributed by atoms with van der Waals surface area (Å²) in [5, 5.41) is 8.04. The Labute approximate surface area is 104 Å². The average molecular weight is 250 g/mol. The van der Waals surface area contributed by atoms with Gasteiger partial charge in [0.05, 0.1) is 23.6 Å². The Balaban J connectivity index is 2.18. The first-order chi connectivity index (χ1) is 8.60. The van der Waals surface area contributed by atoms with Gasteiger partial charge in [-0.1, -0.05) is 0 Å². The highest BCUT2D eigenvalue weighted by molar-refractivity contribution is 5.97. The van der Waals surface area contributed by atoms with Gasteiger partial charge in [-0.05, 0) is 6.07 Å². The lowest BCUT2D eigenvalue weighted by atomic mass is 10.2. The number of hydrogen-bond acceptors (Lipinski definition) is 5. The largest absolute Gasteiger partial charge is 0.482 e. The summed E-state index contributed by atoms with van der Waals surface area (Å²) in [4.78, 5) is 22.3. The third kappa shape index (κ3) is 2.45. The maximum absolute atomic E-state index is 11.2. The molecule has 0 saturated heterocycles. The summed E-state index contributed by atoms with van der Waals surface area (Å²) < 4.78 is 5.22. The zero-order valence-corrected chi connectivity index (χ0v) is 9.87. The third-order valence-corrected chi connectivity index (χ3v) is 2.50. The van der Waals surface area contributed by atoms with Crippen LogP contribution in [0.5, 0.6) is 5.75 Å². The molecule has 2 amide bonds. The van der Waals surface area contributed by atoms with Crippen LogP contribution in [0.3, 0.4) is 0 Å². The number of hydrogen-bond donors (Lipinski definition) is 4. The van der Waals surface area contributed by atoms with Crippen LogP contribution in [-0.2, 0) is 9.59 Å². The Morgan fingerprint density at radius 2 is 2.33 bits per heavy atom. The highest BCUT2D eigenvalue weighted by atomic mass is 16.5. The molecular formula is C11H14N4O3. The van der Waals surface area contributed by atoms with Crippen LogP contribution in [0.1, 0.15) is 0 Å². The van der Waals surface area contributed by atoms with Gasteiger partial charge in [0, 0.05) is 13.1 Å². The Kier molecular flexibility index (Phi) is 3.22. The smallest absolute Gasteiger partial charge is 0.262 e. The molecule has 96 valence electrons.